The van der Waals surface area contributed by atoms with Crippen LogP contribution >= 0.6 is 0 Å². The zero-order chi connectivity index (χ0) is 96.3. The maximum atomic E-state index is 7.84. The van der Waals surface area contributed by atoms with Gasteiger partial charge in [-0.2, -0.15) is 0 Å². The topological polar surface area (TPSA) is 122 Å². The Labute approximate surface area is 844 Å². The highest BCUT2D eigenvalue weighted by molar-refractivity contribution is 5.61. The summed E-state index contributed by atoms with van der Waals surface area (Å²) in [5.74, 6) is 5.51. The van der Waals surface area contributed by atoms with E-state index in [0.717, 1.165) is 117 Å². The van der Waals surface area contributed by atoms with Crippen LogP contribution in [0.4, 0.5) is 0 Å². The monoisotopic (exact) mass is 1880 g/mol. The molecule has 0 saturated heterocycles. The Morgan fingerprint density at radius 3 is 0.536 bits per heavy atom. The van der Waals surface area contributed by atoms with Gasteiger partial charge in [-0.25, -0.2) is 0 Å². The first-order chi connectivity index (χ1) is 68.2. The van der Waals surface area contributed by atoms with Gasteiger partial charge in [-0.1, -0.05) is 486 Å². The maximum absolute atomic E-state index is 7.84. The van der Waals surface area contributed by atoms with Crippen LogP contribution < -0.4 is 0 Å². The molecule has 4 aliphatic carbocycles. The second-order valence-electron chi connectivity index (χ2n) is 44.0. The van der Waals surface area contributed by atoms with E-state index in [-0.39, 0.29) is 24.4 Å². The van der Waals surface area contributed by atoms with E-state index in [1.165, 1.54) is 433 Å². The van der Waals surface area contributed by atoms with Crippen molar-refractivity contribution < 1.29 is 9.47 Å². The second kappa shape index (κ2) is 67.6. The minimum absolute atomic E-state index is 0.0562. The molecule has 4 saturated carbocycles. The average Bonchev–Trinajstić information content (AvgIpc) is 0.798. The van der Waals surface area contributed by atoms with Gasteiger partial charge in [0.1, 0.15) is 0 Å². The van der Waals surface area contributed by atoms with Gasteiger partial charge >= 0.3 is 0 Å². The van der Waals surface area contributed by atoms with Crippen molar-refractivity contribution in [2.45, 2.75) is 516 Å². The number of nitrogens with zero attached hydrogens (tertiary/aromatic N) is 8. The molecule has 8 aromatic rings. The van der Waals surface area contributed by atoms with Crippen LogP contribution in [0.2, 0.25) is 0 Å². The minimum Gasteiger partial charge on any atom is -0.365 e. The Morgan fingerprint density at radius 2 is 0.355 bits per heavy atom. The number of aromatic nitrogens is 8. The number of hydrogen-bond donors (Lipinski definition) is 0. The third-order valence-corrected chi connectivity index (χ3v) is 32.8. The molecule has 760 valence electrons. The Balaban J connectivity index is 0.000000265. The summed E-state index contributed by atoms with van der Waals surface area (Å²) in [6.07, 6.45) is 105. The van der Waals surface area contributed by atoms with Gasteiger partial charge in [-0.05, 0) is 172 Å². The number of hydrogen-bond acceptors (Lipinski definition) is 10. The van der Waals surface area contributed by atoms with E-state index in [0.29, 0.717) is 23.7 Å². The highest BCUT2D eigenvalue weighted by Crippen LogP contribution is 2.51. The van der Waals surface area contributed by atoms with Crippen LogP contribution in [0.15, 0.2) is 147 Å². The highest BCUT2D eigenvalue weighted by Gasteiger charge is 2.39. The van der Waals surface area contributed by atoms with Crippen LogP contribution in [-0.2, 0) is 35.2 Å². The normalized spacial score (nSPS) is 19.4. The van der Waals surface area contributed by atoms with Crippen molar-refractivity contribution in [2.24, 2.45) is 47.3 Å². The molecule has 0 N–H and O–H groups in total. The third-order valence-electron chi connectivity index (χ3n) is 32.8. The molecule has 0 bridgehead atoms. The fraction of sp³-hybridized carbons (Fsp3) is 0.688. The van der Waals surface area contributed by atoms with Crippen LogP contribution in [0.25, 0.3) is 45.0 Å². The second-order valence-corrected chi connectivity index (χ2v) is 44.0. The summed E-state index contributed by atoms with van der Waals surface area (Å²) in [6, 6.07) is 37.3. The minimum atomic E-state index is 0.0562. The highest BCUT2D eigenvalue weighted by atomic mass is 16.5. The first-order valence-corrected chi connectivity index (χ1v) is 59.1. The van der Waals surface area contributed by atoms with Crippen molar-refractivity contribution in [2.75, 3.05) is 0 Å². The van der Waals surface area contributed by atoms with E-state index in [9.17, 15) is 0 Å². The molecule has 0 spiro atoms. The zero-order valence-electron chi connectivity index (χ0n) is 89.3. The van der Waals surface area contributed by atoms with Crippen molar-refractivity contribution in [1.29, 1.82) is 0 Å². The van der Waals surface area contributed by atoms with Crippen LogP contribution in [0.3, 0.4) is 0 Å². The molecule has 0 amide bonds. The van der Waals surface area contributed by atoms with Crippen LogP contribution in [-0.4, -0.2) is 39.9 Å². The molecular formula is C128H196N8O2. The van der Waals surface area contributed by atoms with E-state index < -0.39 is 0 Å². The summed E-state index contributed by atoms with van der Waals surface area (Å²) in [4.78, 5) is 39.3. The van der Waals surface area contributed by atoms with Gasteiger partial charge in [-0.15, -0.1) is 0 Å². The molecule has 138 heavy (non-hydrogen) atoms. The predicted octanol–water partition coefficient (Wildman–Crippen LogP) is 39.1. The van der Waals surface area contributed by atoms with Gasteiger partial charge in [0.15, 0.2) is 0 Å². The molecule has 4 fully saturated rings. The number of rotatable bonds is 68. The molecule has 0 radical (unpaired) electrons. The van der Waals surface area contributed by atoms with E-state index in [1.54, 1.807) is 0 Å². The molecule has 10 heteroatoms. The smallest absolute Gasteiger partial charge is 0.0885 e. The largest absolute Gasteiger partial charge is 0.365 e. The lowest BCUT2D eigenvalue weighted by atomic mass is 9.74. The lowest BCUT2D eigenvalue weighted by Gasteiger charge is -2.40. The average molecular weight is 1880 g/mol. The summed E-state index contributed by atoms with van der Waals surface area (Å²) in [5.41, 5.74) is 18.2. The van der Waals surface area contributed by atoms with Crippen LogP contribution in [0.1, 0.15) is 536 Å². The molecule has 12 rings (SSSR count). The molecule has 0 aliphatic heterocycles. The quantitative estimate of drug-likeness (QED) is 0.0341. The van der Waals surface area contributed by atoms with Gasteiger partial charge < -0.3 is 9.47 Å². The van der Waals surface area contributed by atoms with Gasteiger partial charge in [0.25, 0.3) is 0 Å². The lowest BCUT2D eigenvalue weighted by molar-refractivity contribution is -0.0908. The van der Waals surface area contributed by atoms with Gasteiger partial charge in [-0.3, -0.25) is 39.9 Å². The Hall–Kier alpha value is -6.88. The maximum Gasteiger partial charge on any atom is 0.0885 e. The van der Waals surface area contributed by atoms with Gasteiger partial charge in [0.2, 0.25) is 0 Å². The van der Waals surface area contributed by atoms with Crippen LogP contribution in [0.5, 0.6) is 0 Å². The molecule has 4 atom stereocenters. The molecule has 4 aromatic carbocycles. The lowest BCUT2D eigenvalue weighted by Crippen LogP contribution is -2.28. The first kappa shape index (κ1) is 111. The number of unbranched alkanes of at least 4 members (excludes halogenated alkanes) is 36. The summed E-state index contributed by atoms with van der Waals surface area (Å²) in [6.45, 7) is 18.5. The number of aryl methyl sites for hydroxylation is 4. The van der Waals surface area contributed by atoms with Crippen LogP contribution in [0, 0.1) is 47.3 Å². The summed E-state index contributed by atoms with van der Waals surface area (Å²) >= 11 is 0. The Bertz CT molecular complexity index is 4030. The zero-order valence-corrected chi connectivity index (χ0v) is 89.3. The van der Waals surface area contributed by atoms with E-state index in [4.69, 9.17) is 49.3 Å². The molecule has 4 unspecified atom stereocenters. The molecular weight excluding hydrogens is 1680 g/mol. The van der Waals surface area contributed by atoms with Crippen molar-refractivity contribution in [3.8, 4) is 45.0 Å². The molecule has 4 aromatic heterocycles. The fourth-order valence-corrected chi connectivity index (χ4v) is 23.7. The number of benzene rings is 4. The number of ether oxygens (including phenoxy) is 2. The summed E-state index contributed by atoms with van der Waals surface area (Å²) in [7, 11) is 0. The third kappa shape index (κ3) is 40.4. The van der Waals surface area contributed by atoms with E-state index >= 15 is 0 Å². The van der Waals surface area contributed by atoms with Crippen molar-refractivity contribution in [3.05, 3.63) is 192 Å². The Morgan fingerprint density at radius 1 is 0.188 bits per heavy atom. The summed E-state index contributed by atoms with van der Waals surface area (Å²) < 4.78 is 15.6. The summed E-state index contributed by atoms with van der Waals surface area (Å²) in [5, 5.41) is 0. The molecule has 4 aliphatic rings. The van der Waals surface area contributed by atoms with Gasteiger partial charge in [0, 0.05) is 47.0 Å². The molecule has 10 nitrogen and oxygen atoms in total. The standard InChI is InChI=1S/C66H102N4O.C62H94N4O/c1-5-9-13-17-19-23-27-31-61-49-69-63(51-67-61)55-41-45-59(46-42-55)65(57-37-33-53(34-38-57)29-25-21-15-11-7-3)71-66(58-39-35-54(36-40-58)30-26-22-16-12-8-4)60-47-43-56(44-48-60)64-52-68-62(50-70-64)32-28-24-20-18-14-10-6-2;1-5-9-13-15-17-19-23-27-57-45-65-59(47-63-57)51-37-41-55(42-38-51)61(53-33-29-49(30-34-53)25-21-11-7-3)67-62(54-35-31-50(32-36-54)26-22-12-8-4)56-43-39-52(40-44-56)60-48-64-58(46-66-60)28-24-20-18-16-14-10-6-2/h41-54,57-58,65-66H,5-40H2,1-4H3;37-50,53-54,61-62H,5-36H2,1-4H3/t53-,54-,57-,58-,65?,66?;49-,50-,53-,54-,61?,62?. The predicted molar refractivity (Wildman–Crippen MR) is 587 cm³/mol. The van der Waals surface area contributed by atoms with Crippen molar-refractivity contribution in [1.82, 2.24) is 39.9 Å². The van der Waals surface area contributed by atoms with Crippen molar-refractivity contribution in [3.63, 3.8) is 0 Å². The fourth-order valence-electron chi connectivity index (χ4n) is 23.7. The Kier molecular flexibility index (Phi) is 54.6. The molecule has 4 heterocycles. The van der Waals surface area contributed by atoms with Gasteiger partial charge in [0.05, 0.1) is 94.8 Å². The first-order valence-electron chi connectivity index (χ1n) is 59.1. The van der Waals surface area contributed by atoms with E-state index in [2.05, 4.69) is 152 Å². The van der Waals surface area contributed by atoms with Crippen molar-refractivity contribution >= 4 is 0 Å². The van der Waals surface area contributed by atoms with E-state index in [1.807, 2.05) is 49.6 Å². The SMILES string of the molecule is CCCCCCCCCc1cnc(-c2ccc(C(OC(c3ccc(-c4cnc(CCCCCCCCC)cn4)cc3)[C@H]3CC[C@H](CCCCC)CC3)[C@H]3CC[C@H](CCCCC)CC3)cc2)cn1.CCCCCCCCCc1cnc(-c2ccc(C(OC(c3ccc(-c4cnc(CCCCCCCCC)cn4)cc3)[C@H]3CC[C@H](CCCCCCC)CC3)[C@H]3CC[C@H](CCCCCCC)CC3)cc2)cn1.